The summed E-state index contributed by atoms with van der Waals surface area (Å²) in [7, 11) is -10.6. The number of rotatable bonds is 10. The Morgan fingerprint density at radius 3 is 2.54 bits per heavy atom. The van der Waals surface area contributed by atoms with Gasteiger partial charge in [-0.05, 0) is 12.1 Å². The number of phosphoric ester groups is 1. The first-order chi connectivity index (χ1) is 17.3. The van der Waals surface area contributed by atoms with Gasteiger partial charge in [0.05, 0.1) is 6.61 Å². The lowest BCUT2D eigenvalue weighted by Gasteiger charge is -2.17. The Morgan fingerprint density at radius 2 is 1.86 bits per heavy atom. The number of nitrogens with two attached hydrogens (primary N) is 1. The van der Waals surface area contributed by atoms with E-state index in [1.165, 1.54) is 15.5 Å². The molecule has 1 fully saturated rings. The van der Waals surface area contributed by atoms with Crippen LogP contribution >= 0.6 is 15.6 Å². The molecule has 3 heterocycles. The van der Waals surface area contributed by atoms with Crippen LogP contribution in [0.2, 0.25) is 0 Å². The van der Waals surface area contributed by atoms with Crippen LogP contribution in [0.15, 0.2) is 41.5 Å². The van der Waals surface area contributed by atoms with Gasteiger partial charge in [0.25, 0.3) is 11.2 Å². The molecule has 0 radical (unpaired) electrons. The van der Waals surface area contributed by atoms with E-state index in [4.69, 9.17) is 25.0 Å². The molecule has 1 aliphatic heterocycles. The average Bonchev–Trinajstić information content (AvgIpc) is 3.29. The fourth-order valence-corrected chi connectivity index (χ4v) is 5.33. The normalized spacial score (nSPS) is 23.8. The second kappa shape index (κ2) is 10.6. The van der Waals surface area contributed by atoms with Crippen molar-refractivity contribution in [2.45, 2.75) is 31.1 Å². The lowest BCUT2D eigenvalue weighted by atomic mass is 10.1. The van der Waals surface area contributed by atoms with Crippen LogP contribution in [0, 0.1) is 0 Å². The average molecular weight is 564 g/mol. The Labute approximate surface area is 207 Å². The number of nitrogens with zero attached hydrogens (tertiary/aromatic N) is 3. The molecule has 1 aliphatic rings. The summed E-state index contributed by atoms with van der Waals surface area (Å²) in [6, 6.07) is 8.93. The van der Waals surface area contributed by atoms with E-state index < -0.39 is 52.4 Å². The minimum Gasteiger partial charge on any atom is -0.489 e. The number of H-pyrrole nitrogens is 1. The lowest BCUT2D eigenvalue weighted by molar-refractivity contribution is -0.673. The van der Waals surface area contributed by atoms with Crippen LogP contribution in [-0.4, -0.2) is 71.0 Å². The third-order valence-corrected chi connectivity index (χ3v) is 7.41. The molecule has 8 N–H and O–H groups in total. The van der Waals surface area contributed by atoms with E-state index in [1.54, 1.807) is 24.3 Å². The van der Waals surface area contributed by atoms with Crippen molar-refractivity contribution in [1.82, 2.24) is 14.5 Å². The summed E-state index contributed by atoms with van der Waals surface area (Å²) < 4.78 is 44.7. The molecule has 0 bridgehead atoms. The van der Waals surface area contributed by atoms with Crippen LogP contribution in [0.3, 0.4) is 0 Å². The van der Waals surface area contributed by atoms with Crippen molar-refractivity contribution in [3.05, 3.63) is 47.0 Å². The summed E-state index contributed by atoms with van der Waals surface area (Å²) in [6.07, 6.45) is -4.73. The molecule has 2 aromatic heterocycles. The number of aromatic nitrogens is 4. The third-order valence-electron chi connectivity index (χ3n) is 5.26. The minimum absolute atomic E-state index is 0.00329. The van der Waals surface area contributed by atoms with Crippen LogP contribution in [0.25, 0.3) is 11.2 Å². The number of nitrogen functional groups attached to an aromatic ring is 1. The van der Waals surface area contributed by atoms with Crippen molar-refractivity contribution in [3.8, 4) is 5.75 Å². The summed E-state index contributed by atoms with van der Waals surface area (Å²) in [5, 5.41) is 21.0. The summed E-state index contributed by atoms with van der Waals surface area (Å²) >= 11 is 0. The fraction of sp³-hybridized carbons (Fsp3) is 0.389. The number of hydrogen-bond acceptors (Lipinski definition) is 11. The summed E-state index contributed by atoms with van der Waals surface area (Å²) in [6.45, 7) is -0.572. The van der Waals surface area contributed by atoms with Gasteiger partial charge in [-0.15, -0.1) is 0 Å². The zero-order chi connectivity index (χ0) is 27.0. The quantitative estimate of drug-likeness (QED) is 0.110. The van der Waals surface area contributed by atoms with Crippen molar-refractivity contribution in [2.24, 2.45) is 0 Å². The third kappa shape index (κ3) is 6.42. The van der Waals surface area contributed by atoms with Gasteiger partial charge in [0.2, 0.25) is 18.5 Å². The molecule has 0 aliphatic carbocycles. The molecule has 202 valence electrons. The zero-order valence-electron chi connectivity index (χ0n) is 18.8. The number of aliphatic hydroxyl groups is 2. The Hall–Kier alpha value is -2.69. The first-order valence-electron chi connectivity index (χ1n) is 10.6. The summed E-state index contributed by atoms with van der Waals surface area (Å²) in [5.41, 5.74) is 5.15. The molecule has 5 atom stereocenters. The lowest BCUT2D eigenvalue weighted by Crippen LogP contribution is -2.39. The molecular formula is C18H24N5O12P2+. The van der Waals surface area contributed by atoms with E-state index in [-0.39, 0.29) is 30.3 Å². The van der Waals surface area contributed by atoms with Crippen LogP contribution in [-0.2, 0) is 29.2 Å². The number of aliphatic hydroxyl groups excluding tert-OH is 2. The molecule has 3 aromatic rings. The first kappa shape index (κ1) is 27.3. The fourth-order valence-electron chi connectivity index (χ4n) is 3.73. The highest BCUT2D eigenvalue weighted by molar-refractivity contribution is 7.60. The predicted molar refractivity (Wildman–Crippen MR) is 122 cm³/mol. The second-order valence-corrected chi connectivity index (χ2v) is 10.7. The number of aromatic amines is 1. The van der Waals surface area contributed by atoms with Gasteiger partial charge in [0.1, 0.15) is 37.2 Å². The highest BCUT2D eigenvalue weighted by Crippen LogP contribution is 2.57. The van der Waals surface area contributed by atoms with E-state index in [1.807, 2.05) is 6.07 Å². The monoisotopic (exact) mass is 564 g/mol. The smallest absolute Gasteiger partial charge is 0.481 e. The van der Waals surface area contributed by atoms with Crippen LogP contribution in [0.5, 0.6) is 5.75 Å². The molecule has 0 amide bonds. The van der Waals surface area contributed by atoms with Gasteiger partial charge in [-0.3, -0.25) is 14.3 Å². The molecule has 1 saturated heterocycles. The standard InChI is InChI=1S/C18H23N5O12P2/c19-18-20-15-12(16(26)21-18)22(6-7-32-10-4-2-1-3-5-10)9-23(15)17-14(25)13(24)11(34-17)8-33-37(30,31)35-36(27,28)29/h1-5,9,11,13-14,17,24-25H,6-8H2,(H5-,19,20,21,26,27,28,29,30,31)/p+1/t11-,13-,14-,17-/m1/s1. The Balaban J connectivity index is 1.56. The highest BCUT2D eigenvalue weighted by atomic mass is 31.3. The number of anilines is 1. The van der Waals surface area contributed by atoms with Crippen molar-refractivity contribution in [2.75, 3.05) is 18.9 Å². The SMILES string of the molecule is Nc1nc2c(c(=O)[nH]1)[n+](CCOc1ccccc1)cn2[C@@H]1O[C@H](COP(=O)(O)OP(=O)(O)O)[C@@H](O)[C@H]1O. The van der Waals surface area contributed by atoms with Gasteiger partial charge in [0.15, 0.2) is 0 Å². The predicted octanol–water partition coefficient (Wildman–Crippen LogP) is -1.48. The van der Waals surface area contributed by atoms with E-state index in [2.05, 4.69) is 18.8 Å². The molecule has 1 aromatic carbocycles. The van der Waals surface area contributed by atoms with Crippen molar-refractivity contribution >= 4 is 32.8 Å². The highest BCUT2D eigenvalue weighted by Gasteiger charge is 2.49. The molecule has 1 unspecified atom stereocenters. The number of hydrogen-bond donors (Lipinski definition) is 7. The number of para-hydroxylation sites is 1. The minimum atomic E-state index is -5.36. The second-order valence-electron chi connectivity index (χ2n) is 7.88. The van der Waals surface area contributed by atoms with E-state index in [9.17, 15) is 29.0 Å². The molecule has 17 nitrogen and oxygen atoms in total. The number of benzene rings is 1. The molecule has 19 heteroatoms. The largest absolute Gasteiger partial charge is 0.489 e. The maximum atomic E-state index is 12.7. The number of imidazole rings is 1. The van der Waals surface area contributed by atoms with Crippen molar-refractivity contribution in [3.63, 3.8) is 0 Å². The van der Waals surface area contributed by atoms with Crippen molar-refractivity contribution < 1.29 is 56.9 Å². The zero-order valence-corrected chi connectivity index (χ0v) is 20.6. The Bertz CT molecular complexity index is 1410. The number of fused-ring (bicyclic) bond motifs is 1. The van der Waals surface area contributed by atoms with Gasteiger partial charge in [0, 0.05) is 0 Å². The molecule has 4 rings (SSSR count). The molecule has 37 heavy (non-hydrogen) atoms. The number of nitrogens with one attached hydrogen (secondary N) is 1. The van der Waals surface area contributed by atoms with Gasteiger partial charge in [-0.1, -0.05) is 18.2 Å². The van der Waals surface area contributed by atoms with Gasteiger partial charge >= 0.3 is 21.2 Å². The summed E-state index contributed by atoms with van der Waals surface area (Å²) in [4.78, 5) is 46.0. The van der Waals surface area contributed by atoms with E-state index in [0.29, 0.717) is 5.75 Å². The maximum absolute atomic E-state index is 12.7. The van der Waals surface area contributed by atoms with Crippen LogP contribution in [0.4, 0.5) is 5.95 Å². The van der Waals surface area contributed by atoms with Gasteiger partial charge in [-0.2, -0.15) is 13.9 Å². The van der Waals surface area contributed by atoms with Gasteiger partial charge in [-0.25, -0.2) is 13.7 Å². The van der Waals surface area contributed by atoms with E-state index in [0.717, 1.165) is 0 Å². The topological polar surface area (TPSA) is 253 Å². The maximum Gasteiger partial charge on any atom is 0.481 e. The molecular weight excluding hydrogens is 540 g/mol. The Kier molecular flexibility index (Phi) is 7.83. The first-order valence-corrected chi connectivity index (χ1v) is 13.6. The van der Waals surface area contributed by atoms with E-state index >= 15 is 0 Å². The number of ether oxygens (including phenoxy) is 2. The molecule has 0 spiro atoms. The molecule has 0 saturated carbocycles. The number of phosphoric acid groups is 2. The Morgan fingerprint density at radius 1 is 1.16 bits per heavy atom. The van der Waals surface area contributed by atoms with Crippen molar-refractivity contribution in [1.29, 1.82) is 0 Å². The van der Waals surface area contributed by atoms with Crippen LogP contribution < -0.4 is 20.6 Å². The summed E-state index contributed by atoms with van der Waals surface area (Å²) in [5.74, 6) is 0.376. The van der Waals surface area contributed by atoms with Crippen LogP contribution in [0.1, 0.15) is 6.23 Å². The van der Waals surface area contributed by atoms with Gasteiger partial charge < -0.3 is 40.1 Å².